The number of aliphatic hydroxyl groups excluding tert-OH is 1. The Morgan fingerprint density at radius 2 is 2.09 bits per heavy atom. The van der Waals surface area contributed by atoms with Crippen LogP contribution >= 0.6 is 11.8 Å². The molecule has 1 saturated heterocycles. The van der Waals surface area contributed by atoms with Crippen LogP contribution in [-0.4, -0.2) is 59.1 Å². The third-order valence-corrected chi connectivity index (χ3v) is 7.86. The van der Waals surface area contributed by atoms with Gasteiger partial charge >= 0.3 is 0 Å². The fourth-order valence-corrected chi connectivity index (χ4v) is 5.70. The van der Waals surface area contributed by atoms with E-state index in [0.717, 1.165) is 60.6 Å². The average Bonchev–Trinajstić information content (AvgIpc) is 2.89. The van der Waals surface area contributed by atoms with Crippen molar-refractivity contribution in [3.05, 3.63) is 60.4 Å². The number of rotatable bonds is 11. The lowest BCUT2D eigenvalue weighted by Crippen LogP contribution is -2.42. The number of thioether (sulfide) groups is 1. The second-order valence-electron chi connectivity index (χ2n) is 8.99. The lowest BCUT2D eigenvalue weighted by atomic mass is 9.81. The molecule has 3 aromatic rings. The van der Waals surface area contributed by atoms with E-state index in [1.807, 2.05) is 42.6 Å². The van der Waals surface area contributed by atoms with Gasteiger partial charge in [-0.2, -0.15) is 0 Å². The first-order valence-electron chi connectivity index (χ1n) is 12.1. The van der Waals surface area contributed by atoms with Crippen molar-refractivity contribution in [2.45, 2.75) is 36.9 Å². The van der Waals surface area contributed by atoms with Crippen LogP contribution < -0.4 is 4.74 Å². The zero-order valence-corrected chi connectivity index (χ0v) is 20.6. The molecule has 1 fully saturated rings. The van der Waals surface area contributed by atoms with Gasteiger partial charge < -0.3 is 14.7 Å². The van der Waals surface area contributed by atoms with Crippen LogP contribution in [0.25, 0.3) is 10.9 Å². The number of piperidine rings is 1. The molecule has 0 saturated carbocycles. The Kier molecular flexibility index (Phi) is 9.13. The van der Waals surface area contributed by atoms with E-state index in [1.165, 1.54) is 0 Å². The minimum atomic E-state index is -1.06. The first-order chi connectivity index (χ1) is 16.7. The number of hydrogen-bond donors (Lipinski definition) is 1. The third kappa shape index (κ3) is 6.46. The van der Waals surface area contributed by atoms with Crippen LogP contribution in [0.2, 0.25) is 0 Å². The molecule has 0 radical (unpaired) electrons. The van der Waals surface area contributed by atoms with Crippen molar-refractivity contribution in [2.75, 3.05) is 39.1 Å². The molecule has 1 aliphatic heterocycles. The van der Waals surface area contributed by atoms with Crippen molar-refractivity contribution in [1.29, 1.82) is 0 Å². The zero-order chi connectivity index (χ0) is 23.8. The molecule has 1 N–H and O–H groups in total. The van der Waals surface area contributed by atoms with Crippen molar-refractivity contribution in [3.63, 3.8) is 0 Å². The topological polar surface area (TPSA) is 58.5 Å². The van der Waals surface area contributed by atoms with Gasteiger partial charge in [-0.05, 0) is 92.6 Å². The number of hydrogen-bond acceptors (Lipinski definition) is 6. The quantitative estimate of drug-likeness (QED) is 0.285. The molecule has 7 heteroatoms. The van der Waals surface area contributed by atoms with Gasteiger partial charge in [0.15, 0.2) is 0 Å². The second-order valence-corrected chi connectivity index (χ2v) is 10.1. The van der Waals surface area contributed by atoms with Crippen LogP contribution in [0.1, 0.15) is 37.4 Å². The van der Waals surface area contributed by atoms with Gasteiger partial charge in [-0.15, -0.1) is 11.8 Å². The number of ether oxygens (including phenoxy) is 1. The fourth-order valence-electron chi connectivity index (χ4n) is 4.91. The minimum absolute atomic E-state index is 0.163. The summed E-state index contributed by atoms with van der Waals surface area (Å²) in [5, 5.41) is 11.9. The van der Waals surface area contributed by atoms with Gasteiger partial charge in [0, 0.05) is 36.7 Å². The van der Waals surface area contributed by atoms with Crippen LogP contribution in [0.3, 0.4) is 0 Å². The van der Waals surface area contributed by atoms with Crippen molar-refractivity contribution < 1.29 is 14.2 Å². The number of aromatic nitrogens is 2. The van der Waals surface area contributed by atoms with Gasteiger partial charge in [0.2, 0.25) is 0 Å². The average molecular weight is 484 g/mol. The number of nitrogens with zero attached hydrogens (tertiary/aromatic N) is 3. The Morgan fingerprint density at radius 1 is 1.18 bits per heavy atom. The first kappa shape index (κ1) is 24.9. The van der Waals surface area contributed by atoms with Gasteiger partial charge in [-0.1, -0.05) is 6.07 Å². The van der Waals surface area contributed by atoms with E-state index in [2.05, 4.69) is 14.9 Å². The summed E-state index contributed by atoms with van der Waals surface area (Å²) in [6.45, 7) is 3.10. The lowest BCUT2D eigenvalue weighted by molar-refractivity contribution is 0.0640. The maximum Gasteiger partial charge on any atom is 0.126 e. The number of likely N-dealkylation sites (tertiary alicyclic amines) is 1. The Labute approximate surface area is 205 Å². The molecule has 3 atom stereocenters. The van der Waals surface area contributed by atoms with E-state index in [4.69, 9.17) is 4.74 Å². The second kappa shape index (κ2) is 12.5. The number of halogens is 1. The van der Waals surface area contributed by atoms with E-state index in [-0.39, 0.29) is 12.5 Å². The summed E-state index contributed by atoms with van der Waals surface area (Å²) in [4.78, 5) is 11.2. The maximum atomic E-state index is 15.4. The van der Waals surface area contributed by atoms with Crippen LogP contribution in [0.5, 0.6) is 5.75 Å². The Hall–Kier alpha value is -2.22. The molecule has 0 unspecified atom stereocenters. The molecule has 0 bridgehead atoms. The van der Waals surface area contributed by atoms with E-state index in [9.17, 15) is 5.11 Å². The summed E-state index contributed by atoms with van der Waals surface area (Å²) >= 11 is 1.79. The van der Waals surface area contributed by atoms with E-state index in [0.29, 0.717) is 23.7 Å². The molecule has 3 heterocycles. The highest BCUT2D eigenvalue weighted by Crippen LogP contribution is 2.35. The van der Waals surface area contributed by atoms with Gasteiger partial charge in [-0.25, -0.2) is 9.37 Å². The summed E-state index contributed by atoms with van der Waals surface area (Å²) in [5.74, 6) is 2.30. The summed E-state index contributed by atoms with van der Waals surface area (Å²) in [6, 6.07) is 13.4. The fraction of sp³-hybridized carbons (Fsp3) is 0.481. The highest BCUT2D eigenvalue weighted by Gasteiger charge is 2.29. The Morgan fingerprint density at radius 3 is 2.88 bits per heavy atom. The highest BCUT2D eigenvalue weighted by atomic mass is 32.2. The normalized spacial score (nSPS) is 19.9. The van der Waals surface area contributed by atoms with E-state index >= 15 is 4.39 Å². The predicted octanol–water partition coefficient (Wildman–Crippen LogP) is 5.54. The summed E-state index contributed by atoms with van der Waals surface area (Å²) in [5.41, 5.74) is 1.45. The molecule has 34 heavy (non-hydrogen) atoms. The Balaban J connectivity index is 1.26. The summed E-state index contributed by atoms with van der Waals surface area (Å²) < 4.78 is 20.7. The smallest absolute Gasteiger partial charge is 0.126 e. The molecule has 1 aliphatic rings. The van der Waals surface area contributed by atoms with Crippen molar-refractivity contribution in [2.24, 2.45) is 11.8 Å². The van der Waals surface area contributed by atoms with Gasteiger partial charge in [0.05, 0.1) is 17.7 Å². The van der Waals surface area contributed by atoms with Gasteiger partial charge in [0.1, 0.15) is 11.9 Å². The highest BCUT2D eigenvalue weighted by molar-refractivity contribution is 7.99. The molecule has 0 spiro atoms. The van der Waals surface area contributed by atoms with E-state index < -0.39 is 6.17 Å². The molecular weight excluding hydrogens is 449 g/mol. The third-order valence-electron chi connectivity index (χ3n) is 6.83. The monoisotopic (exact) mass is 483 g/mol. The van der Waals surface area contributed by atoms with Gasteiger partial charge in [0.25, 0.3) is 0 Å². The zero-order valence-electron chi connectivity index (χ0n) is 19.8. The van der Waals surface area contributed by atoms with Gasteiger partial charge in [-0.3, -0.25) is 4.98 Å². The molecule has 0 aliphatic carbocycles. The number of pyridine rings is 2. The minimum Gasteiger partial charge on any atom is -0.497 e. The molecule has 4 rings (SSSR count). The molecule has 1 aromatic carbocycles. The summed E-state index contributed by atoms with van der Waals surface area (Å²) in [7, 11) is 1.62. The molecule has 0 amide bonds. The first-order valence-corrected chi connectivity index (χ1v) is 13.1. The number of aliphatic hydroxyl groups is 1. The summed E-state index contributed by atoms with van der Waals surface area (Å²) in [6.07, 6.45) is 5.79. The van der Waals surface area contributed by atoms with Crippen molar-refractivity contribution in [3.8, 4) is 5.75 Å². The number of benzene rings is 1. The van der Waals surface area contributed by atoms with Crippen molar-refractivity contribution in [1.82, 2.24) is 14.9 Å². The lowest BCUT2D eigenvalue weighted by Gasteiger charge is -2.38. The number of fused-ring (bicyclic) bond motifs is 1. The SMILES string of the molecule is COc1ccc2nccc([C@H](F)CC[C@@H]3CCN(CCCSc4ccccn4)C[C@@H]3CO)c2c1. The standard InChI is InChI=1S/C27H34FN3O2S/c1-33-22-7-9-26-24(17-22)23(10-13-29-26)25(28)8-6-20-11-15-31(18-21(20)19-32)14-4-16-34-27-5-2-3-12-30-27/h2-3,5,7,9-10,12-13,17,20-21,25,32H,4,6,8,11,14-16,18-19H2,1H3/t20-,21-,25-/m1/s1. The van der Waals surface area contributed by atoms with Crippen LogP contribution in [0.4, 0.5) is 4.39 Å². The van der Waals surface area contributed by atoms with Crippen molar-refractivity contribution >= 4 is 22.7 Å². The molecular formula is C27H34FN3O2S. The van der Waals surface area contributed by atoms with Crippen LogP contribution in [-0.2, 0) is 0 Å². The number of alkyl halides is 1. The molecule has 2 aromatic heterocycles. The van der Waals surface area contributed by atoms with Crippen LogP contribution in [0.15, 0.2) is 59.9 Å². The largest absolute Gasteiger partial charge is 0.497 e. The maximum absolute atomic E-state index is 15.4. The Bertz CT molecular complexity index is 1040. The molecule has 182 valence electrons. The molecule has 5 nitrogen and oxygen atoms in total. The number of methoxy groups -OCH3 is 1. The van der Waals surface area contributed by atoms with Crippen LogP contribution in [0, 0.1) is 11.8 Å². The van der Waals surface area contributed by atoms with E-state index in [1.54, 1.807) is 31.1 Å². The predicted molar refractivity (Wildman–Crippen MR) is 136 cm³/mol.